The zero-order chi connectivity index (χ0) is 10.4. The number of hydrogen-bond acceptors (Lipinski definition) is 2. The molecule has 1 rings (SSSR count). The fourth-order valence-corrected chi connectivity index (χ4v) is 1.89. The van der Waals surface area contributed by atoms with Gasteiger partial charge in [-0.2, -0.15) is 0 Å². The van der Waals surface area contributed by atoms with Gasteiger partial charge in [0.1, 0.15) is 0 Å². The van der Waals surface area contributed by atoms with Gasteiger partial charge in [-0.25, -0.2) is 0 Å². The molecule has 0 unspecified atom stereocenters. The van der Waals surface area contributed by atoms with Crippen LogP contribution in [0.15, 0.2) is 0 Å². The van der Waals surface area contributed by atoms with Crippen LogP contribution in [0.3, 0.4) is 0 Å². The predicted molar refractivity (Wildman–Crippen MR) is 61.0 cm³/mol. The van der Waals surface area contributed by atoms with Gasteiger partial charge < -0.3 is 11.1 Å². The van der Waals surface area contributed by atoms with E-state index in [0.717, 1.165) is 12.8 Å². The summed E-state index contributed by atoms with van der Waals surface area (Å²) in [7, 11) is 0. The first kappa shape index (κ1) is 11.4. The summed E-state index contributed by atoms with van der Waals surface area (Å²) in [5.74, 6) is 0.0877. The maximum atomic E-state index is 11.4. The molecular weight excluding hydrogens is 196 g/mol. The molecule has 0 atom stereocenters. The second kappa shape index (κ2) is 5.96. The molecule has 3 N–H and O–H groups in total. The number of hydrogen-bond donors (Lipinski definition) is 2. The highest BCUT2D eigenvalue weighted by atomic mass is 32.1. The van der Waals surface area contributed by atoms with Crippen molar-refractivity contribution in [3.05, 3.63) is 0 Å². The number of carbonyl (C=O) groups excluding carboxylic acids is 1. The van der Waals surface area contributed by atoms with Crippen LogP contribution in [0.4, 0.5) is 0 Å². The van der Waals surface area contributed by atoms with Crippen molar-refractivity contribution in [2.24, 2.45) is 5.73 Å². The van der Waals surface area contributed by atoms with Crippen molar-refractivity contribution < 1.29 is 4.79 Å². The van der Waals surface area contributed by atoms with Crippen LogP contribution in [-0.4, -0.2) is 16.9 Å². The third kappa shape index (κ3) is 4.56. The molecule has 1 saturated carbocycles. The van der Waals surface area contributed by atoms with Crippen LogP contribution >= 0.6 is 12.2 Å². The number of thiocarbonyl (C=S) groups is 1. The third-order valence-electron chi connectivity index (χ3n) is 2.57. The smallest absolute Gasteiger partial charge is 0.220 e. The lowest BCUT2D eigenvalue weighted by molar-refractivity contribution is -0.121. The van der Waals surface area contributed by atoms with E-state index in [0.29, 0.717) is 23.9 Å². The zero-order valence-corrected chi connectivity index (χ0v) is 9.24. The summed E-state index contributed by atoms with van der Waals surface area (Å²) in [6, 6.07) is 0.391. The molecular formula is C10H18N2OS. The van der Waals surface area contributed by atoms with E-state index in [2.05, 4.69) is 5.32 Å². The number of rotatable bonds is 4. The van der Waals surface area contributed by atoms with Gasteiger partial charge in [-0.05, 0) is 12.8 Å². The van der Waals surface area contributed by atoms with Crippen LogP contribution in [0, 0.1) is 0 Å². The Morgan fingerprint density at radius 2 is 1.93 bits per heavy atom. The number of carbonyl (C=O) groups is 1. The van der Waals surface area contributed by atoms with E-state index in [1.54, 1.807) is 0 Å². The van der Waals surface area contributed by atoms with Gasteiger partial charge in [0.05, 0.1) is 4.99 Å². The average Bonchev–Trinajstić information content (AvgIpc) is 2.16. The van der Waals surface area contributed by atoms with Crippen LogP contribution in [0.25, 0.3) is 0 Å². The minimum absolute atomic E-state index is 0.0877. The molecule has 0 aliphatic heterocycles. The van der Waals surface area contributed by atoms with E-state index in [1.165, 1.54) is 19.3 Å². The average molecular weight is 214 g/mol. The maximum absolute atomic E-state index is 11.4. The molecule has 0 saturated heterocycles. The summed E-state index contributed by atoms with van der Waals surface area (Å²) in [6.45, 7) is 0. The minimum Gasteiger partial charge on any atom is -0.393 e. The van der Waals surface area contributed by atoms with Crippen molar-refractivity contribution in [3.63, 3.8) is 0 Å². The fraction of sp³-hybridized carbons (Fsp3) is 0.800. The molecule has 1 aliphatic rings. The Morgan fingerprint density at radius 1 is 1.29 bits per heavy atom. The molecule has 0 bridgehead atoms. The first-order valence-corrected chi connectivity index (χ1v) is 5.67. The summed E-state index contributed by atoms with van der Waals surface area (Å²) in [4.78, 5) is 11.8. The van der Waals surface area contributed by atoms with Crippen LogP contribution in [0.5, 0.6) is 0 Å². The molecule has 0 heterocycles. The molecule has 80 valence electrons. The van der Waals surface area contributed by atoms with Crippen molar-refractivity contribution in [1.29, 1.82) is 0 Å². The highest BCUT2D eigenvalue weighted by molar-refractivity contribution is 7.80. The highest BCUT2D eigenvalue weighted by Gasteiger charge is 2.15. The van der Waals surface area contributed by atoms with Gasteiger partial charge in [0.2, 0.25) is 5.91 Å². The van der Waals surface area contributed by atoms with Gasteiger partial charge in [0, 0.05) is 18.9 Å². The molecule has 1 amide bonds. The Bertz CT molecular complexity index is 212. The normalized spacial score (nSPS) is 17.7. The molecule has 0 aromatic rings. The molecule has 0 aromatic heterocycles. The first-order chi connectivity index (χ1) is 6.68. The standard InChI is InChI=1S/C10H18N2OS/c11-9(14)6-7-10(13)12-8-4-2-1-3-5-8/h8H,1-7H2,(H2,11,14)(H,12,13). The van der Waals surface area contributed by atoms with Crippen LogP contribution in [-0.2, 0) is 4.79 Å². The first-order valence-electron chi connectivity index (χ1n) is 5.26. The van der Waals surface area contributed by atoms with E-state index in [9.17, 15) is 4.79 Å². The topological polar surface area (TPSA) is 55.1 Å². The van der Waals surface area contributed by atoms with Gasteiger partial charge in [0.25, 0.3) is 0 Å². The summed E-state index contributed by atoms with van der Waals surface area (Å²) in [5, 5.41) is 3.02. The third-order valence-corrected chi connectivity index (χ3v) is 2.77. The molecule has 0 radical (unpaired) electrons. The van der Waals surface area contributed by atoms with E-state index in [4.69, 9.17) is 18.0 Å². The van der Waals surface area contributed by atoms with Crippen LogP contribution < -0.4 is 11.1 Å². The van der Waals surface area contributed by atoms with Gasteiger partial charge >= 0.3 is 0 Å². The monoisotopic (exact) mass is 214 g/mol. The van der Waals surface area contributed by atoms with Gasteiger partial charge in [-0.3, -0.25) is 4.79 Å². The van der Waals surface area contributed by atoms with Crippen LogP contribution in [0.2, 0.25) is 0 Å². The van der Waals surface area contributed by atoms with Gasteiger partial charge in [-0.15, -0.1) is 0 Å². The van der Waals surface area contributed by atoms with Gasteiger partial charge in [-0.1, -0.05) is 31.5 Å². The lowest BCUT2D eigenvalue weighted by Gasteiger charge is -2.22. The Hall–Kier alpha value is -0.640. The Morgan fingerprint density at radius 3 is 2.50 bits per heavy atom. The quantitative estimate of drug-likeness (QED) is 0.697. The van der Waals surface area contributed by atoms with Gasteiger partial charge in [0.15, 0.2) is 0 Å². The molecule has 0 aromatic carbocycles. The zero-order valence-electron chi connectivity index (χ0n) is 8.42. The van der Waals surface area contributed by atoms with Crippen molar-refractivity contribution in [1.82, 2.24) is 5.32 Å². The van der Waals surface area contributed by atoms with Crippen LogP contribution in [0.1, 0.15) is 44.9 Å². The molecule has 1 fully saturated rings. The highest BCUT2D eigenvalue weighted by Crippen LogP contribution is 2.17. The van der Waals surface area contributed by atoms with E-state index < -0.39 is 0 Å². The summed E-state index contributed by atoms with van der Waals surface area (Å²) >= 11 is 4.72. The van der Waals surface area contributed by atoms with Crippen molar-refractivity contribution in [2.45, 2.75) is 51.0 Å². The van der Waals surface area contributed by atoms with E-state index >= 15 is 0 Å². The molecule has 4 heteroatoms. The fourth-order valence-electron chi connectivity index (χ4n) is 1.78. The summed E-state index contributed by atoms with van der Waals surface area (Å²) in [6.07, 6.45) is 6.98. The van der Waals surface area contributed by atoms with E-state index in [1.807, 2.05) is 0 Å². The largest absolute Gasteiger partial charge is 0.393 e. The predicted octanol–water partition coefficient (Wildman–Crippen LogP) is 1.50. The maximum Gasteiger partial charge on any atom is 0.220 e. The number of nitrogens with two attached hydrogens (primary N) is 1. The molecule has 1 aliphatic carbocycles. The van der Waals surface area contributed by atoms with Crippen molar-refractivity contribution >= 4 is 23.1 Å². The SMILES string of the molecule is NC(=S)CCC(=O)NC1CCCCC1. The second-order valence-corrected chi connectivity index (χ2v) is 4.39. The Balaban J connectivity index is 2.15. The Labute approximate surface area is 90.4 Å². The summed E-state index contributed by atoms with van der Waals surface area (Å²) < 4.78 is 0. The lowest BCUT2D eigenvalue weighted by atomic mass is 9.95. The van der Waals surface area contributed by atoms with E-state index in [-0.39, 0.29) is 5.91 Å². The lowest BCUT2D eigenvalue weighted by Crippen LogP contribution is -2.36. The summed E-state index contributed by atoms with van der Waals surface area (Å²) in [5.41, 5.74) is 5.33. The van der Waals surface area contributed by atoms with Crippen molar-refractivity contribution in [3.8, 4) is 0 Å². The number of nitrogens with one attached hydrogen (secondary N) is 1. The second-order valence-electron chi connectivity index (χ2n) is 3.87. The Kier molecular flexibility index (Phi) is 4.87. The van der Waals surface area contributed by atoms with Crippen molar-refractivity contribution in [2.75, 3.05) is 0 Å². The molecule has 14 heavy (non-hydrogen) atoms. The molecule has 0 spiro atoms. The number of amides is 1. The minimum atomic E-state index is 0.0877. The molecule has 3 nitrogen and oxygen atoms in total.